The molecule has 8 rings (SSSR count). The number of methoxy groups -OCH3 is 3. The number of benzene rings is 2. The topological polar surface area (TPSA) is 160 Å². The highest BCUT2D eigenvalue weighted by molar-refractivity contribution is 5.95. The van der Waals surface area contributed by atoms with Crippen LogP contribution in [0, 0.1) is 0 Å². The Morgan fingerprint density at radius 1 is 0.964 bits per heavy atom. The molecule has 1 aromatic heterocycles. The molecule has 4 aliphatic heterocycles. The first kappa shape index (κ1) is 37.0. The van der Waals surface area contributed by atoms with Crippen molar-refractivity contribution < 1.29 is 33.3 Å². The van der Waals surface area contributed by atoms with Gasteiger partial charge in [-0.2, -0.15) is 0 Å². The molecule has 6 atom stereocenters. The van der Waals surface area contributed by atoms with Crippen LogP contribution in [0.1, 0.15) is 93.4 Å². The molecule has 55 heavy (non-hydrogen) atoms. The van der Waals surface area contributed by atoms with Crippen LogP contribution in [0.2, 0.25) is 0 Å². The third kappa shape index (κ3) is 6.83. The van der Waals surface area contributed by atoms with Crippen LogP contribution in [-0.4, -0.2) is 109 Å². The summed E-state index contributed by atoms with van der Waals surface area (Å²) in [6.45, 7) is 5.53. The average molecular weight is 754 g/mol. The van der Waals surface area contributed by atoms with E-state index >= 15 is 0 Å². The van der Waals surface area contributed by atoms with Crippen molar-refractivity contribution in [2.24, 2.45) is 4.99 Å². The smallest absolute Gasteiger partial charge is 0.407 e. The van der Waals surface area contributed by atoms with Gasteiger partial charge in [-0.1, -0.05) is 18.2 Å². The summed E-state index contributed by atoms with van der Waals surface area (Å²) < 4.78 is 22.2. The van der Waals surface area contributed by atoms with E-state index in [1.807, 2.05) is 18.0 Å². The van der Waals surface area contributed by atoms with Crippen molar-refractivity contribution in [3.05, 3.63) is 65.1 Å². The maximum Gasteiger partial charge on any atom is 0.407 e. The Kier molecular flexibility index (Phi) is 10.1. The maximum atomic E-state index is 13.7. The number of carbonyl (C=O) groups is 3. The molecule has 3 fully saturated rings. The zero-order chi connectivity index (χ0) is 38.4. The third-order valence-electron chi connectivity index (χ3n) is 12.2. The predicted molar refractivity (Wildman–Crippen MR) is 204 cm³/mol. The molecule has 0 bridgehead atoms. The number of amides is 3. The quantitative estimate of drug-likeness (QED) is 0.241. The first-order valence-corrected chi connectivity index (χ1v) is 19.5. The zero-order valence-corrected chi connectivity index (χ0v) is 32.2. The molecule has 2 saturated heterocycles. The lowest BCUT2D eigenvalue weighted by Crippen LogP contribution is -2.57. The summed E-state index contributed by atoms with van der Waals surface area (Å²) in [4.78, 5) is 55.7. The third-order valence-corrected chi connectivity index (χ3v) is 12.2. The number of alkyl carbamates (subject to hydrolysis) is 1. The maximum absolute atomic E-state index is 13.7. The highest BCUT2D eigenvalue weighted by Crippen LogP contribution is 2.62. The Labute approximate surface area is 321 Å². The Hall–Kier alpha value is -4.95. The van der Waals surface area contributed by atoms with Crippen LogP contribution in [0.4, 0.5) is 4.79 Å². The second kappa shape index (κ2) is 14.9. The summed E-state index contributed by atoms with van der Waals surface area (Å²) in [6, 6.07) is 11.7. The number of hydrogen-bond acceptors (Lipinski definition) is 10. The molecule has 1 aliphatic carbocycles. The van der Waals surface area contributed by atoms with Crippen LogP contribution >= 0.6 is 0 Å². The normalized spacial score (nSPS) is 23.6. The number of H-pyrrole nitrogens is 1. The van der Waals surface area contributed by atoms with E-state index in [4.69, 9.17) is 28.9 Å². The summed E-state index contributed by atoms with van der Waals surface area (Å²) in [5, 5.41) is 6.30. The fourth-order valence-corrected chi connectivity index (χ4v) is 8.82. The van der Waals surface area contributed by atoms with E-state index in [0.717, 1.165) is 85.0 Å². The van der Waals surface area contributed by atoms with E-state index in [1.165, 1.54) is 25.3 Å². The van der Waals surface area contributed by atoms with Crippen molar-refractivity contribution in [1.82, 2.24) is 30.4 Å². The van der Waals surface area contributed by atoms with E-state index in [0.29, 0.717) is 19.5 Å². The molecule has 5 aliphatic rings. The SMILES string of the molecule is COC(=O)N[C@H](C(=O)N1CCC[C@H]1C1=NCC(c2ccc3c(c2)C2(CC2)c2ccc(-c4cnc([C@@H]5CCCN5C(=O)C[C@H](C)OC)[nH]4)cc2O3)N1)[C@H](C)OC. The predicted octanol–water partition coefficient (Wildman–Crippen LogP) is 5.14. The summed E-state index contributed by atoms with van der Waals surface area (Å²) in [6.07, 6.45) is 6.40. The summed E-state index contributed by atoms with van der Waals surface area (Å²) in [7, 11) is 4.42. The standard InChI is InChI=1S/C41H51N7O7/c1-23(52-3)18-35(49)47-16-6-8-31(47)37-42-22-30(45-37)26-10-12-27-34(20-26)55-33-13-11-25(19-28(33)41(27)14-15-41)29-21-43-38(44-29)32-9-7-17-48(32)39(50)36(24(2)53-4)46-40(51)54-5/h10-13,19-20,22-24,29,31-32,36H,6-9,14-18,21H2,1-5H3,(H,42,45)(H,43,44)(H,46,51)/t23-,24-,29?,31-,32-,36-/m0/s1. The number of aromatic nitrogens is 2. The lowest BCUT2D eigenvalue weighted by molar-refractivity contribution is -0.136. The van der Waals surface area contributed by atoms with Gasteiger partial charge in [-0.25, -0.2) is 9.78 Å². The molecule has 14 nitrogen and oxygen atoms in total. The minimum absolute atomic E-state index is 0.0386. The number of amidine groups is 1. The van der Waals surface area contributed by atoms with Gasteiger partial charge in [-0.3, -0.25) is 14.6 Å². The van der Waals surface area contributed by atoms with Crippen molar-refractivity contribution in [2.45, 2.75) is 101 Å². The summed E-state index contributed by atoms with van der Waals surface area (Å²) >= 11 is 0. The van der Waals surface area contributed by atoms with E-state index in [1.54, 1.807) is 18.9 Å². The fourth-order valence-electron chi connectivity index (χ4n) is 8.82. The Balaban J connectivity index is 0.960. The van der Waals surface area contributed by atoms with Crippen molar-refractivity contribution in [1.29, 1.82) is 0 Å². The summed E-state index contributed by atoms with van der Waals surface area (Å²) in [5.41, 5.74) is 5.30. The molecular weight excluding hydrogens is 702 g/mol. The average Bonchev–Trinajstić information content (AvgIpc) is 3.77. The molecule has 3 amide bonds. The van der Waals surface area contributed by atoms with Crippen LogP contribution in [-0.2, 0) is 29.2 Å². The number of likely N-dealkylation sites (tertiary alicyclic amines) is 2. The molecule has 5 heterocycles. The monoisotopic (exact) mass is 753 g/mol. The van der Waals surface area contributed by atoms with Gasteiger partial charge in [0.15, 0.2) is 0 Å². The van der Waals surface area contributed by atoms with Crippen LogP contribution in [0.15, 0.2) is 47.6 Å². The molecule has 1 spiro atoms. The molecule has 1 unspecified atom stereocenters. The molecule has 292 valence electrons. The summed E-state index contributed by atoms with van der Waals surface area (Å²) in [5.74, 6) is 3.20. The molecule has 0 radical (unpaired) electrons. The van der Waals surface area contributed by atoms with E-state index in [9.17, 15) is 14.4 Å². The lowest BCUT2D eigenvalue weighted by atomic mass is 9.83. The van der Waals surface area contributed by atoms with Crippen molar-refractivity contribution in [3.8, 4) is 22.8 Å². The number of carbonyl (C=O) groups excluding carboxylic acids is 3. The largest absolute Gasteiger partial charge is 0.457 e. The number of aliphatic imine (C=N–C) groups is 1. The molecule has 14 heteroatoms. The zero-order valence-electron chi connectivity index (χ0n) is 32.2. The van der Waals surface area contributed by atoms with Crippen molar-refractivity contribution in [2.75, 3.05) is 41.0 Å². The molecule has 2 aromatic carbocycles. The molecule has 1 saturated carbocycles. The number of rotatable bonds is 11. The van der Waals surface area contributed by atoms with Crippen LogP contribution in [0.25, 0.3) is 11.3 Å². The minimum atomic E-state index is -0.877. The highest BCUT2D eigenvalue weighted by atomic mass is 16.5. The van der Waals surface area contributed by atoms with Gasteiger partial charge in [0.2, 0.25) is 11.8 Å². The van der Waals surface area contributed by atoms with Gasteiger partial charge in [0.25, 0.3) is 0 Å². The lowest BCUT2D eigenvalue weighted by Gasteiger charge is -2.32. The Morgan fingerprint density at radius 2 is 1.75 bits per heavy atom. The number of hydrogen-bond donors (Lipinski definition) is 3. The number of imidazole rings is 1. The highest BCUT2D eigenvalue weighted by Gasteiger charge is 2.52. The first-order valence-electron chi connectivity index (χ1n) is 19.5. The number of aromatic amines is 1. The number of fused-ring (bicyclic) bond motifs is 4. The van der Waals surface area contributed by atoms with Crippen molar-refractivity contribution in [3.63, 3.8) is 0 Å². The van der Waals surface area contributed by atoms with Crippen LogP contribution in [0.3, 0.4) is 0 Å². The van der Waals surface area contributed by atoms with Gasteiger partial charge in [0.1, 0.15) is 29.2 Å². The Bertz CT molecular complexity index is 1990. The minimum Gasteiger partial charge on any atom is -0.457 e. The fraction of sp³-hybridized carbons (Fsp3) is 0.537. The van der Waals surface area contributed by atoms with Gasteiger partial charge >= 0.3 is 6.09 Å². The van der Waals surface area contributed by atoms with Gasteiger partial charge in [0, 0.05) is 49.4 Å². The first-order chi connectivity index (χ1) is 26.6. The molecular formula is C41H51N7O7. The van der Waals surface area contributed by atoms with E-state index in [2.05, 4.69) is 52.0 Å². The second-order valence-corrected chi connectivity index (χ2v) is 15.5. The number of nitrogens with zero attached hydrogens (tertiary/aromatic N) is 4. The number of ether oxygens (including phenoxy) is 4. The second-order valence-electron chi connectivity index (χ2n) is 15.5. The van der Waals surface area contributed by atoms with Gasteiger partial charge in [-0.05, 0) is 76.1 Å². The van der Waals surface area contributed by atoms with Gasteiger partial charge in [0.05, 0.1) is 62.3 Å². The van der Waals surface area contributed by atoms with E-state index < -0.39 is 18.2 Å². The molecule has 3 N–H and O–H groups in total. The van der Waals surface area contributed by atoms with E-state index in [-0.39, 0.29) is 41.5 Å². The van der Waals surface area contributed by atoms with Crippen LogP contribution < -0.4 is 15.4 Å². The van der Waals surface area contributed by atoms with Gasteiger partial charge in [-0.15, -0.1) is 0 Å². The van der Waals surface area contributed by atoms with Crippen LogP contribution in [0.5, 0.6) is 11.5 Å². The number of nitrogens with one attached hydrogen (secondary N) is 3. The van der Waals surface area contributed by atoms with Gasteiger partial charge < -0.3 is 44.4 Å². The van der Waals surface area contributed by atoms with Crippen molar-refractivity contribution >= 4 is 23.7 Å². The Morgan fingerprint density at radius 3 is 2.49 bits per heavy atom. The molecule has 3 aromatic rings.